The van der Waals surface area contributed by atoms with E-state index in [1.165, 1.54) is 6.07 Å². The molecule has 1 aromatic rings. The van der Waals surface area contributed by atoms with Crippen molar-refractivity contribution in [3.63, 3.8) is 0 Å². The number of likely N-dealkylation sites (N-methyl/N-ethyl adjacent to an activating group) is 1. The standard InChI is InChI=1S/C16H22F2N2O2/c1-20(13-5-2-11(10-21)3-6-13)9-16(22)19-15-7-4-12(17)8-14(15)18/h4,7-8,11,13,21H,2-3,5-6,9-10H2,1H3,(H,19,22). The molecule has 1 fully saturated rings. The molecule has 22 heavy (non-hydrogen) atoms. The first-order valence-corrected chi connectivity index (χ1v) is 7.55. The maximum Gasteiger partial charge on any atom is 0.238 e. The van der Waals surface area contributed by atoms with Crippen LogP contribution >= 0.6 is 0 Å². The number of hydrogen-bond donors (Lipinski definition) is 2. The number of amides is 1. The van der Waals surface area contributed by atoms with Gasteiger partial charge in [-0.1, -0.05) is 0 Å². The second-order valence-electron chi connectivity index (χ2n) is 5.94. The monoisotopic (exact) mass is 312 g/mol. The Hall–Kier alpha value is -1.53. The highest BCUT2D eigenvalue weighted by Gasteiger charge is 2.24. The molecule has 1 aromatic carbocycles. The van der Waals surface area contributed by atoms with Gasteiger partial charge in [0.2, 0.25) is 5.91 Å². The minimum absolute atomic E-state index is 0.0104. The van der Waals surface area contributed by atoms with Crippen LogP contribution in [0.25, 0.3) is 0 Å². The molecule has 0 atom stereocenters. The van der Waals surface area contributed by atoms with Crippen molar-refractivity contribution in [2.24, 2.45) is 5.92 Å². The van der Waals surface area contributed by atoms with Crippen LogP contribution in [-0.2, 0) is 4.79 Å². The van der Waals surface area contributed by atoms with E-state index in [4.69, 9.17) is 5.11 Å². The van der Waals surface area contributed by atoms with Crippen LogP contribution in [0.4, 0.5) is 14.5 Å². The van der Waals surface area contributed by atoms with Crippen LogP contribution < -0.4 is 5.32 Å². The van der Waals surface area contributed by atoms with Crippen molar-refractivity contribution < 1.29 is 18.7 Å². The molecule has 0 aliphatic heterocycles. The highest BCUT2D eigenvalue weighted by molar-refractivity contribution is 5.92. The van der Waals surface area contributed by atoms with Crippen molar-refractivity contribution >= 4 is 11.6 Å². The van der Waals surface area contributed by atoms with Crippen molar-refractivity contribution in [3.05, 3.63) is 29.8 Å². The average molecular weight is 312 g/mol. The summed E-state index contributed by atoms with van der Waals surface area (Å²) in [5, 5.41) is 11.6. The first kappa shape index (κ1) is 16.8. The summed E-state index contributed by atoms with van der Waals surface area (Å²) in [7, 11) is 1.87. The number of carbonyl (C=O) groups excluding carboxylic acids is 1. The summed E-state index contributed by atoms with van der Waals surface area (Å²) in [6.45, 7) is 0.381. The highest BCUT2D eigenvalue weighted by atomic mass is 19.1. The van der Waals surface area contributed by atoms with Crippen molar-refractivity contribution in [2.45, 2.75) is 31.7 Å². The maximum absolute atomic E-state index is 13.5. The summed E-state index contributed by atoms with van der Waals surface area (Å²) >= 11 is 0. The molecule has 4 nitrogen and oxygen atoms in total. The average Bonchev–Trinajstić information content (AvgIpc) is 2.50. The van der Waals surface area contributed by atoms with Crippen LogP contribution in [0, 0.1) is 17.6 Å². The Kier molecular flexibility index (Phi) is 5.85. The fourth-order valence-electron chi connectivity index (χ4n) is 2.90. The van der Waals surface area contributed by atoms with E-state index in [2.05, 4.69) is 5.32 Å². The molecule has 0 saturated heterocycles. The smallest absolute Gasteiger partial charge is 0.238 e. The van der Waals surface area contributed by atoms with Crippen LogP contribution in [0.5, 0.6) is 0 Å². The Labute approximate surface area is 129 Å². The van der Waals surface area contributed by atoms with Crippen molar-refractivity contribution in [2.75, 3.05) is 25.5 Å². The van der Waals surface area contributed by atoms with E-state index in [9.17, 15) is 13.6 Å². The summed E-state index contributed by atoms with van der Waals surface area (Å²) in [5.74, 6) is -1.41. The molecule has 6 heteroatoms. The van der Waals surface area contributed by atoms with E-state index < -0.39 is 11.6 Å². The normalized spacial score (nSPS) is 21.9. The molecule has 0 unspecified atom stereocenters. The maximum atomic E-state index is 13.5. The lowest BCUT2D eigenvalue weighted by molar-refractivity contribution is -0.117. The van der Waals surface area contributed by atoms with Gasteiger partial charge in [-0.05, 0) is 50.8 Å². The summed E-state index contributed by atoms with van der Waals surface area (Å²) in [4.78, 5) is 13.9. The van der Waals surface area contributed by atoms with Crippen LogP contribution in [0.15, 0.2) is 18.2 Å². The van der Waals surface area contributed by atoms with Gasteiger partial charge >= 0.3 is 0 Å². The van der Waals surface area contributed by atoms with Crippen LogP contribution in [0.3, 0.4) is 0 Å². The zero-order valence-corrected chi connectivity index (χ0v) is 12.7. The molecule has 122 valence electrons. The second-order valence-corrected chi connectivity index (χ2v) is 5.94. The fourth-order valence-corrected chi connectivity index (χ4v) is 2.90. The third-order valence-corrected chi connectivity index (χ3v) is 4.30. The third-order valence-electron chi connectivity index (χ3n) is 4.30. The van der Waals surface area contributed by atoms with Gasteiger partial charge in [-0.3, -0.25) is 9.69 Å². The molecule has 1 amide bonds. The first-order valence-electron chi connectivity index (χ1n) is 7.55. The molecule has 2 rings (SSSR count). The Morgan fingerprint density at radius 3 is 2.59 bits per heavy atom. The van der Waals surface area contributed by atoms with Gasteiger partial charge in [-0.2, -0.15) is 0 Å². The predicted octanol–water partition coefficient (Wildman–Crippen LogP) is 2.39. The lowest BCUT2D eigenvalue weighted by Crippen LogP contribution is -2.40. The van der Waals surface area contributed by atoms with Crippen LogP contribution in [0.1, 0.15) is 25.7 Å². The quantitative estimate of drug-likeness (QED) is 0.878. The van der Waals surface area contributed by atoms with Gasteiger partial charge in [0.05, 0.1) is 12.2 Å². The molecule has 0 radical (unpaired) electrons. The summed E-state index contributed by atoms with van der Waals surface area (Å²) in [6, 6.07) is 3.37. The van der Waals surface area contributed by atoms with Gasteiger partial charge < -0.3 is 10.4 Å². The zero-order valence-electron chi connectivity index (χ0n) is 12.7. The second kappa shape index (κ2) is 7.65. The van der Waals surface area contributed by atoms with Gasteiger partial charge in [0.25, 0.3) is 0 Å². The minimum Gasteiger partial charge on any atom is -0.396 e. The van der Waals surface area contributed by atoms with E-state index >= 15 is 0 Å². The number of anilines is 1. The third kappa shape index (κ3) is 4.48. The van der Waals surface area contributed by atoms with E-state index in [0.29, 0.717) is 12.0 Å². The minimum atomic E-state index is -0.778. The number of carbonyl (C=O) groups is 1. The Balaban J connectivity index is 1.84. The lowest BCUT2D eigenvalue weighted by Gasteiger charge is -2.33. The number of halogens is 2. The number of benzene rings is 1. The molecular formula is C16H22F2N2O2. The van der Waals surface area contributed by atoms with Crippen LogP contribution in [-0.4, -0.2) is 42.2 Å². The van der Waals surface area contributed by atoms with Crippen molar-refractivity contribution in [3.8, 4) is 0 Å². The number of aliphatic hydroxyl groups excluding tert-OH is 1. The van der Waals surface area contributed by atoms with Gasteiger partial charge in [0.15, 0.2) is 0 Å². The lowest BCUT2D eigenvalue weighted by atomic mass is 9.86. The molecule has 2 N–H and O–H groups in total. The number of rotatable bonds is 5. The fraction of sp³-hybridized carbons (Fsp3) is 0.562. The largest absolute Gasteiger partial charge is 0.396 e. The van der Waals surface area contributed by atoms with Gasteiger partial charge in [0, 0.05) is 18.7 Å². The molecule has 0 spiro atoms. The van der Waals surface area contributed by atoms with Gasteiger partial charge in [0.1, 0.15) is 11.6 Å². The number of nitrogens with one attached hydrogen (secondary N) is 1. The van der Waals surface area contributed by atoms with Crippen molar-refractivity contribution in [1.29, 1.82) is 0 Å². The Morgan fingerprint density at radius 2 is 2.00 bits per heavy atom. The topological polar surface area (TPSA) is 52.6 Å². The summed E-state index contributed by atoms with van der Waals surface area (Å²) in [6.07, 6.45) is 3.80. The molecule has 0 aromatic heterocycles. The molecule has 0 bridgehead atoms. The molecule has 1 aliphatic rings. The summed E-state index contributed by atoms with van der Waals surface area (Å²) < 4.78 is 26.3. The predicted molar refractivity (Wildman–Crippen MR) is 80.4 cm³/mol. The molecule has 1 saturated carbocycles. The highest BCUT2D eigenvalue weighted by Crippen LogP contribution is 2.26. The first-order chi connectivity index (χ1) is 10.5. The Bertz CT molecular complexity index is 517. The van der Waals surface area contributed by atoms with E-state index in [1.807, 2.05) is 11.9 Å². The van der Waals surface area contributed by atoms with Gasteiger partial charge in [-0.25, -0.2) is 8.78 Å². The van der Waals surface area contributed by atoms with Crippen LogP contribution in [0.2, 0.25) is 0 Å². The molecule has 1 aliphatic carbocycles. The van der Waals surface area contributed by atoms with Crippen molar-refractivity contribution in [1.82, 2.24) is 4.90 Å². The number of aliphatic hydroxyl groups is 1. The molecule has 0 heterocycles. The summed E-state index contributed by atoms with van der Waals surface area (Å²) in [5.41, 5.74) is -0.0104. The van der Waals surface area contributed by atoms with E-state index in [-0.39, 0.29) is 24.7 Å². The van der Waals surface area contributed by atoms with Gasteiger partial charge in [-0.15, -0.1) is 0 Å². The number of nitrogens with zero attached hydrogens (tertiary/aromatic N) is 1. The Morgan fingerprint density at radius 1 is 1.32 bits per heavy atom. The molecular weight excluding hydrogens is 290 g/mol. The number of hydrogen-bond acceptors (Lipinski definition) is 3. The zero-order chi connectivity index (χ0) is 16.1. The van der Waals surface area contributed by atoms with E-state index in [0.717, 1.165) is 37.8 Å². The SMILES string of the molecule is CN(CC(=O)Nc1ccc(F)cc1F)C1CCC(CO)CC1. The van der Waals surface area contributed by atoms with E-state index in [1.54, 1.807) is 0 Å².